The van der Waals surface area contributed by atoms with Crippen LogP contribution in [0.3, 0.4) is 0 Å². The second-order valence-corrected chi connectivity index (χ2v) is 6.71. The van der Waals surface area contributed by atoms with Gasteiger partial charge in [0.25, 0.3) is 0 Å². The summed E-state index contributed by atoms with van der Waals surface area (Å²) in [7, 11) is 0. The Bertz CT molecular complexity index is 717. The van der Waals surface area contributed by atoms with Crippen LogP contribution in [-0.4, -0.2) is 33.7 Å². The molecule has 0 amide bonds. The van der Waals surface area contributed by atoms with Gasteiger partial charge in [-0.1, -0.05) is 6.07 Å². The zero-order chi connectivity index (χ0) is 16.5. The standard InChI is InChI=1S/C18H23N5O/c1-11-16(19)22-18(14-4-2-3-9-20-14)23-17(11)21-10-13-7-8-15(24-13)12-5-6-12/h2-4,9,12-13,15H,5-8,10H2,1H3,(H3,19,21,22,23). The molecule has 2 atom stereocenters. The van der Waals surface area contributed by atoms with Crippen LogP contribution >= 0.6 is 0 Å². The number of hydrogen-bond acceptors (Lipinski definition) is 6. The maximum atomic E-state index is 6.14. The summed E-state index contributed by atoms with van der Waals surface area (Å²) in [6.07, 6.45) is 7.41. The van der Waals surface area contributed by atoms with Crippen LogP contribution in [0, 0.1) is 12.8 Å². The highest BCUT2D eigenvalue weighted by Gasteiger charge is 2.37. The normalized spacial score (nSPS) is 23.4. The zero-order valence-electron chi connectivity index (χ0n) is 13.9. The fourth-order valence-electron chi connectivity index (χ4n) is 3.22. The molecule has 0 aromatic carbocycles. The van der Waals surface area contributed by atoms with Crippen LogP contribution in [0.15, 0.2) is 24.4 Å². The van der Waals surface area contributed by atoms with E-state index >= 15 is 0 Å². The first-order valence-corrected chi connectivity index (χ1v) is 8.65. The van der Waals surface area contributed by atoms with Crippen LogP contribution in [0.1, 0.15) is 31.2 Å². The van der Waals surface area contributed by atoms with Crippen molar-refractivity contribution in [1.82, 2.24) is 15.0 Å². The van der Waals surface area contributed by atoms with Crippen molar-refractivity contribution in [3.63, 3.8) is 0 Å². The van der Waals surface area contributed by atoms with Crippen LogP contribution in [0.5, 0.6) is 0 Å². The Morgan fingerprint density at radius 3 is 2.83 bits per heavy atom. The van der Waals surface area contributed by atoms with E-state index in [1.54, 1.807) is 6.20 Å². The average Bonchev–Trinajstić information content (AvgIpc) is 3.35. The topological polar surface area (TPSA) is 86.0 Å². The van der Waals surface area contributed by atoms with E-state index in [-0.39, 0.29) is 6.10 Å². The van der Waals surface area contributed by atoms with E-state index in [0.717, 1.165) is 36.0 Å². The van der Waals surface area contributed by atoms with Crippen molar-refractivity contribution in [3.05, 3.63) is 30.0 Å². The molecule has 2 aromatic rings. The maximum Gasteiger partial charge on any atom is 0.182 e. The largest absolute Gasteiger partial charge is 0.383 e. The minimum atomic E-state index is 0.254. The summed E-state index contributed by atoms with van der Waals surface area (Å²) in [5.74, 6) is 2.60. The molecule has 0 bridgehead atoms. The van der Waals surface area contributed by atoms with E-state index in [9.17, 15) is 0 Å². The number of anilines is 2. The first-order valence-electron chi connectivity index (χ1n) is 8.65. The summed E-state index contributed by atoms with van der Waals surface area (Å²) in [5.41, 5.74) is 7.65. The summed E-state index contributed by atoms with van der Waals surface area (Å²) < 4.78 is 6.14. The van der Waals surface area contributed by atoms with Crippen molar-refractivity contribution in [2.24, 2.45) is 5.92 Å². The number of ether oxygens (including phenoxy) is 1. The predicted molar refractivity (Wildman–Crippen MR) is 93.5 cm³/mol. The quantitative estimate of drug-likeness (QED) is 0.879. The van der Waals surface area contributed by atoms with Gasteiger partial charge >= 0.3 is 0 Å². The first-order chi connectivity index (χ1) is 11.7. The number of nitrogens with one attached hydrogen (secondary N) is 1. The van der Waals surface area contributed by atoms with Gasteiger partial charge in [-0.3, -0.25) is 4.98 Å². The van der Waals surface area contributed by atoms with Crippen LogP contribution < -0.4 is 11.1 Å². The van der Waals surface area contributed by atoms with E-state index in [2.05, 4.69) is 20.3 Å². The number of hydrogen-bond donors (Lipinski definition) is 2. The maximum absolute atomic E-state index is 6.14. The Morgan fingerprint density at radius 1 is 1.21 bits per heavy atom. The van der Waals surface area contributed by atoms with Gasteiger partial charge in [0.15, 0.2) is 5.82 Å². The lowest BCUT2D eigenvalue weighted by Crippen LogP contribution is -2.22. The smallest absolute Gasteiger partial charge is 0.182 e. The molecule has 1 aliphatic carbocycles. The minimum Gasteiger partial charge on any atom is -0.383 e. The second-order valence-electron chi connectivity index (χ2n) is 6.71. The molecule has 0 radical (unpaired) electrons. The third-order valence-electron chi connectivity index (χ3n) is 4.86. The Kier molecular flexibility index (Phi) is 4.06. The van der Waals surface area contributed by atoms with Crippen molar-refractivity contribution in [2.45, 2.75) is 44.8 Å². The Balaban J connectivity index is 1.47. The highest BCUT2D eigenvalue weighted by atomic mass is 16.5. The number of nitrogens with zero attached hydrogens (tertiary/aromatic N) is 3. The lowest BCUT2D eigenvalue weighted by Gasteiger charge is -2.16. The summed E-state index contributed by atoms with van der Waals surface area (Å²) in [6, 6.07) is 5.67. The third-order valence-corrected chi connectivity index (χ3v) is 4.86. The molecule has 3 heterocycles. The SMILES string of the molecule is Cc1c(N)nc(-c2ccccn2)nc1NCC1CCC(C2CC2)O1. The Labute approximate surface area is 141 Å². The number of nitrogens with two attached hydrogens (primary N) is 1. The lowest BCUT2D eigenvalue weighted by atomic mass is 10.1. The summed E-state index contributed by atoms with van der Waals surface area (Å²) >= 11 is 0. The monoisotopic (exact) mass is 325 g/mol. The second kappa shape index (κ2) is 6.36. The van der Waals surface area contributed by atoms with E-state index in [1.807, 2.05) is 25.1 Å². The van der Waals surface area contributed by atoms with Gasteiger partial charge in [0, 0.05) is 18.3 Å². The number of nitrogen functional groups attached to an aromatic ring is 1. The summed E-state index contributed by atoms with van der Waals surface area (Å²) in [4.78, 5) is 13.3. The van der Waals surface area contributed by atoms with Crippen molar-refractivity contribution in [2.75, 3.05) is 17.6 Å². The van der Waals surface area contributed by atoms with Gasteiger partial charge in [-0.2, -0.15) is 0 Å². The van der Waals surface area contributed by atoms with Gasteiger partial charge in [-0.25, -0.2) is 9.97 Å². The molecule has 6 nitrogen and oxygen atoms in total. The molecule has 1 aliphatic heterocycles. The fraction of sp³-hybridized carbons (Fsp3) is 0.500. The van der Waals surface area contributed by atoms with Crippen LogP contribution in [0.25, 0.3) is 11.5 Å². The number of aromatic nitrogens is 3. The molecule has 3 N–H and O–H groups in total. The molecule has 1 saturated heterocycles. The highest BCUT2D eigenvalue weighted by molar-refractivity contribution is 5.61. The van der Waals surface area contributed by atoms with Crippen LogP contribution in [0.4, 0.5) is 11.6 Å². The fourth-order valence-corrected chi connectivity index (χ4v) is 3.22. The number of rotatable bonds is 5. The molecule has 2 fully saturated rings. The molecule has 24 heavy (non-hydrogen) atoms. The van der Waals surface area contributed by atoms with E-state index in [0.29, 0.717) is 17.7 Å². The third kappa shape index (κ3) is 3.19. The van der Waals surface area contributed by atoms with E-state index in [4.69, 9.17) is 10.5 Å². The highest BCUT2D eigenvalue weighted by Crippen LogP contribution is 2.40. The van der Waals surface area contributed by atoms with Crippen molar-refractivity contribution in [1.29, 1.82) is 0 Å². The molecule has 6 heteroatoms. The average molecular weight is 325 g/mol. The molecule has 126 valence electrons. The van der Waals surface area contributed by atoms with Crippen molar-refractivity contribution in [3.8, 4) is 11.5 Å². The molecular formula is C18H23N5O. The van der Waals surface area contributed by atoms with Gasteiger partial charge in [0.2, 0.25) is 0 Å². The van der Waals surface area contributed by atoms with E-state index < -0.39 is 0 Å². The van der Waals surface area contributed by atoms with E-state index in [1.165, 1.54) is 19.3 Å². The summed E-state index contributed by atoms with van der Waals surface area (Å²) in [5, 5.41) is 3.40. The van der Waals surface area contributed by atoms with Gasteiger partial charge < -0.3 is 15.8 Å². The first kappa shape index (κ1) is 15.3. The lowest BCUT2D eigenvalue weighted by molar-refractivity contribution is 0.0398. The molecule has 2 aliphatic rings. The van der Waals surface area contributed by atoms with Crippen LogP contribution in [-0.2, 0) is 4.74 Å². The zero-order valence-corrected chi connectivity index (χ0v) is 13.9. The van der Waals surface area contributed by atoms with Gasteiger partial charge in [-0.15, -0.1) is 0 Å². The van der Waals surface area contributed by atoms with Gasteiger partial charge in [0.1, 0.15) is 17.3 Å². The Hall–Kier alpha value is -2.21. The van der Waals surface area contributed by atoms with Gasteiger partial charge in [0.05, 0.1) is 12.2 Å². The molecule has 4 rings (SSSR count). The Morgan fingerprint density at radius 2 is 2.08 bits per heavy atom. The summed E-state index contributed by atoms with van der Waals surface area (Å²) in [6.45, 7) is 2.69. The number of pyridine rings is 1. The molecule has 1 saturated carbocycles. The molecule has 2 unspecified atom stereocenters. The molecular weight excluding hydrogens is 302 g/mol. The predicted octanol–water partition coefficient (Wildman–Crippen LogP) is 2.80. The van der Waals surface area contributed by atoms with Crippen LogP contribution in [0.2, 0.25) is 0 Å². The van der Waals surface area contributed by atoms with Crippen molar-refractivity contribution < 1.29 is 4.74 Å². The minimum absolute atomic E-state index is 0.254. The van der Waals surface area contributed by atoms with Gasteiger partial charge in [-0.05, 0) is 50.7 Å². The molecule has 2 aromatic heterocycles. The van der Waals surface area contributed by atoms with Crippen molar-refractivity contribution >= 4 is 11.6 Å². The molecule has 0 spiro atoms.